The van der Waals surface area contributed by atoms with Crippen molar-refractivity contribution < 1.29 is 23.0 Å². The van der Waals surface area contributed by atoms with Gasteiger partial charge in [0.1, 0.15) is 12.4 Å². The van der Waals surface area contributed by atoms with Crippen molar-refractivity contribution in [2.24, 2.45) is 13.0 Å². The van der Waals surface area contributed by atoms with Crippen LogP contribution >= 0.6 is 0 Å². The number of nitrogens with zero attached hydrogens (tertiary/aromatic N) is 4. The lowest BCUT2D eigenvalue weighted by Crippen LogP contribution is -2.18. The van der Waals surface area contributed by atoms with Crippen LogP contribution in [0.4, 0.5) is 13.2 Å². The van der Waals surface area contributed by atoms with Gasteiger partial charge in [0, 0.05) is 31.8 Å². The summed E-state index contributed by atoms with van der Waals surface area (Å²) in [7, 11) is 1.83. The molecule has 0 saturated heterocycles. The van der Waals surface area contributed by atoms with Gasteiger partial charge in [0.05, 0.1) is 5.56 Å². The highest BCUT2D eigenvalue weighted by Crippen LogP contribution is 2.35. The van der Waals surface area contributed by atoms with Gasteiger partial charge in [-0.05, 0) is 37.7 Å². The average Bonchev–Trinajstić information content (AvgIpc) is 3.00. The van der Waals surface area contributed by atoms with Gasteiger partial charge < -0.3 is 14.4 Å². The number of pyridine rings is 1. The van der Waals surface area contributed by atoms with Crippen molar-refractivity contribution in [1.29, 1.82) is 0 Å². The molecule has 2 heterocycles. The molecule has 0 amide bonds. The third-order valence-electron chi connectivity index (χ3n) is 4.88. The van der Waals surface area contributed by atoms with Crippen LogP contribution < -0.4 is 4.74 Å². The van der Waals surface area contributed by atoms with E-state index in [1.165, 1.54) is 0 Å². The fourth-order valence-corrected chi connectivity index (χ4v) is 3.26. The molecule has 0 atom stereocenters. The Morgan fingerprint density at radius 3 is 2.62 bits per heavy atom. The first kappa shape index (κ1) is 18.6. The Hall–Kier alpha value is -2.16. The minimum absolute atomic E-state index is 0.0101. The van der Waals surface area contributed by atoms with Gasteiger partial charge in [-0.25, -0.2) is 4.98 Å². The van der Waals surface area contributed by atoms with Crippen molar-refractivity contribution in [1.82, 2.24) is 19.7 Å². The van der Waals surface area contributed by atoms with E-state index in [9.17, 15) is 18.3 Å². The molecule has 1 aliphatic rings. The van der Waals surface area contributed by atoms with Crippen molar-refractivity contribution in [3.63, 3.8) is 0 Å². The number of halogens is 3. The maximum atomic E-state index is 12.7. The van der Waals surface area contributed by atoms with Crippen molar-refractivity contribution >= 4 is 0 Å². The normalized spacial score (nSPS) is 21.0. The molecule has 1 fully saturated rings. The second-order valence-electron chi connectivity index (χ2n) is 6.60. The van der Waals surface area contributed by atoms with Gasteiger partial charge in [0.25, 0.3) is 0 Å². The van der Waals surface area contributed by atoms with E-state index in [4.69, 9.17) is 4.74 Å². The summed E-state index contributed by atoms with van der Waals surface area (Å²) in [5.74, 6) is 1.90. The molecule has 0 radical (unpaired) electrons. The second-order valence-corrected chi connectivity index (χ2v) is 6.60. The average molecular weight is 370 g/mol. The van der Waals surface area contributed by atoms with Crippen molar-refractivity contribution in [3.8, 4) is 5.88 Å². The van der Waals surface area contributed by atoms with E-state index < -0.39 is 11.7 Å². The lowest BCUT2D eigenvalue weighted by atomic mass is 9.82. The van der Waals surface area contributed by atoms with Gasteiger partial charge in [-0.3, -0.25) is 0 Å². The Morgan fingerprint density at radius 2 is 1.96 bits per heavy atom. The summed E-state index contributed by atoms with van der Waals surface area (Å²) in [5.41, 5.74) is -0.804. The number of aromatic nitrogens is 4. The molecule has 1 saturated carbocycles. The summed E-state index contributed by atoms with van der Waals surface area (Å²) in [6, 6.07) is 1.77. The van der Waals surface area contributed by atoms with Gasteiger partial charge in [-0.1, -0.05) is 0 Å². The van der Waals surface area contributed by atoms with Gasteiger partial charge in [0.2, 0.25) is 5.88 Å². The number of hydrogen-bond donors (Lipinski definition) is 1. The van der Waals surface area contributed by atoms with E-state index in [1.54, 1.807) is 0 Å². The Balaban J connectivity index is 1.64. The number of ether oxygens (including phenoxy) is 1. The van der Waals surface area contributed by atoms with Crippen LogP contribution in [-0.2, 0) is 19.8 Å². The maximum absolute atomic E-state index is 12.7. The van der Waals surface area contributed by atoms with E-state index in [2.05, 4.69) is 15.2 Å². The highest BCUT2D eigenvalue weighted by atomic mass is 19.4. The van der Waals surface area contributed by atoms with Crippen LogP contribution in [-0.4, -0.2) is 31.5 Å². The third kappa shape index (κ3) is 4.14. The number of aliphatic hydroxyl groups excluding tert-OH is 1. The molecule has 1 aliphatic carbocycles. The largest absolute Gasteiger partial charge is 0.469 e. The molecule has 2 aromatic heterocycles. The molecular formula is C17H21F3N4O2. The first-order valence-corrected chi connectivity index (χ1v) is 8.53. The van der Waals surface area contributed by atoms with E-state index in [-0.39, 0.29) is 25.0 Å². The standard InChI is InChI=1S/C17H21F3N4O2/c1-24-14(10-26-15-8-13(6-7-21-15)17(18,19)20)22-23-16(24)12-4-2-11(9-25)3-5-12/h6-8,11-12,25H,2-5,9-10H2,1H3/t11-,12-. The Bertz CT molecular complexity index is 740. The SMILES string of the molecule is Cn1c(COc2cc(C(F)(F)F)ccn2)nnc1[C@H]1CC[C@H](CO)CC1. The van der Waals surface area contributed by atoms with Crippen LogP contribution in [0.1, 0.15) is 48.8 Å². The number of hydrogen-bond acceptors (Lipinski definition) is 5. The molecule has 2 aromatic rings. The molecule has 0 unspecified atom stereocenters. The van der Waals surface area contributed by atoms with E-state index >= 15 is 0 Å². The van der Waals surface area contributed by atoms with Crippen LogP contribution in [0.25, 0.3) is 0 Å². The number of alkyl halides is 3. The maximum Gasteiger partial charge on any atom is 0.416 e. The molecule has 9 heteroatoms. The predicted molar refractivity (Wildman–Crippen MR) is 86.4 cm³/mol. The smallest absolute Gasteiger partial charge is 0.416 e. The second kappa shape index (κ2) is 7.61. The predicted octanol–water partition coefficient (Wildman–Crippen LogP) is 3.07. The van der Waals surface area contributed by atoms with E-state index in [0.717, 1.165) is 49.8 Å². The number of rotatable bonds is 5. The highest BCUT2D eigenvalue weighted by molar-refractivity contribution is 5.23. The molecule has 0 aromatic carbocycles. The fraction of sp³-hybridized carbons (Fsp3) is 0.588. The monoisotopic (exact) mass is 370 g/mol. The summed E-state index contributed by atoms with van der Waals surface area (Å²) in [4.78, 5) is 3.81. The van der Waals surface area contributed by atoms with Gasteiger partial charge >= 0.3 is 6.18 Å². The topological polar surface area (TPSA) is 73.1 Å². The van der Waals surface area contributed by atoms with Crippen LogP contribution in [0.3, 0.4) is 0 Å². The summed E-state index contributed by atoms with van der Waals surface area (Å²) in [6.45, 7) is 0.207. The molecule has 142 valence electrons. The van der Waals surface area contributed by atoms with Crippen molar-refractivity contribution in [2.45, 2.75) is 44.4 Å². The molecule has 0 spiro atoms. The molecule has 6 nitrogen and oxygen atoms in total. The fourth-order valence-electron chi connectivity index (χ4n) is 3.26. The van der Waals surface area contributed by atoms with Crippen molar-refractivity contribution in [2.75, 3.05) is 6.61 Å². The Labute approximate surface area is 149 Å². The molecule has 26 heavy (non-hydrogen) atoms. The summed E-state index contributed by atoms with van der Waals surface area (Å²) >= 11 is 0. The summed E-state index contributed by atoms with van der Waals surface area (Å²) in [6.07, 6.45) is 0.411. The lowest BCUT2D eigenvalue weighted by molar-refractivity contribution is -0.137. The van der Waals surface area contributed by atoms with E-state index in [0.29, 0.717) is 11.7 Å². The molecule has 3 rings (SSSR count). The van der Waals surface area contributed by atoms with Crippen LogP contribution in [0.2, 0.25) is 0 Å². The minimum atomic E-state index is -4.44. The minimum Gasteiger partial charge on any atom is -0.469 e. The van der Waals surface area contributed by atoms with Gasteiger partial charge in [0.15, 0.2) is 5.82 Å². The summed E-state index contributed by atoms with van der Waals surface area (Å²) < 4.78 is 45.4. The van der Waals surface area contributed by atoms with Crippen molar-refractivity contribution in [3.05, 3.63) is 35.5 Å². The Kier molecular flexibility index (Phi) is 5.45. The van der Waals surface area contributed by atoms with Crippen LogP contribution in [0.15, 0.2) is 18.3 Å². The van der Waals surface area contributed by atoms with E-state index in [1.807, 2.05) is 11.6 Å². The zero-order valence-corrected chi connectivity index (χ0v) is 14.4. The zero-order chi connectivity index (χ0) is 18.7. The van der Waals surface area contributed by atoms with Gasteiger partial charge in [-0.15, -0.1) is 10.2 Å². The zero-order valence-electron chi connectivity index (χ0n) is 14.4. The quantitative estimate of drug-likeness (QED) is 0.876. The molecule has 1 N–H and O–H groups in total. The third-order valence-corrected chi connectivity index (χ3v) is 4.88. The van der Waals surface area contributed by atoms with Crippen LogP contribution in [0, 0.1) is 5.92 Å². The molecule has 0 aliphatic heterocycles. The summed E-state index contributed by atoms with van der Waals surface area (Å²) in [5, 5.41) is 17.6. The highest BCUT2D eigenvalue weighted by Gasteiger charge is 2.31. The lowest BCUT2D eigenvalue weighted by Gasteiger charge is -2.26. The van der Waals surface area contributed by atoms with Gasteiger partial charge in [-0.2, -0.15) is 13.2 Å². The Morgan fingerprint density at radius 1 is 1.23 bits per heavy atom. The first-order chi connectivity index (χ1) is 12.4. The molecular weight excluding hydrogens is 349 g/mol. The number of aliphatic hydroxyl groups is 1. The molecule has 0 bridgehead atoms. The van der Waals surface area contributed by atoms with Crippen LogP contribution in [0.5, 0.6) is 5.88 Å². The first-order valence-electron chi connectivity index (χ1n) is 8.53.